The van der Waals surface area contributed by atoms with E-state index in [0.717, 1.165) is 12.1 Å². The summed E-state index contributed by atoms with van der Waals surface area (Å²) in [5.74, 6) is -3.58. The SMILES string of the molecule is CCN1C(=O)[C@@H](NC(=O)c2cccc(C(F)(F)F)c2)[C@@H](C2CC2)c2c(C(=O)N3CCS(=O)(=O)CC3C#N)nn(-c3ccccc3)c21. The molecule has 1 saturated carbocycles. The molecule has 46 heavy (non-hydrogen) atoms. The van der Waals surface area contributed by atoms with Crippen LogP contribution >= 0.6 is 0 Å². The van der Waals surface area contributed by atoms with E-state index in [4.69, 9.17) is 0 Å². The Morgan fingerprint density at radius 3 is 2.46 bits per heavy atom. The third-order valence-corrected chi connectivity index (χ3v) is 10.2. The first-order valence-corrected chi connectivity index (χ1v) is 16.6. The molecule has 15 heteroatoms. The van der Waals surface area contributed by atoms with E-state index in [-0.39, 0.29) is 36.0 Å². The zero-order valence-electron chi connectivity index (χ0n) is 24.6. The Labute approximate surface area is 262 Å². The Morgan fingerprint density at radius 1 is 1.11 bits per heavy atom. The minimum atomic E-state index is -4.68. The van der Waals surface area contributed by atoms with Gasteiger partial charge in [-0.3, -0.25) is 19.3 Å². The first-order valence-electron chi connectivity index (χ1n) is 14.7. The summed E-state index contributed by atoms with van der Waals surface area (Å²) in [4.78, 5) is 44.4. The first kappa shape index (κ1) is 31.3. The quantitative estimate of drug-likeness (QED) is 0.429. The van der Waals surface area contributed by atoms with Gasteiger partial charge in [0.05, 0.1) is 28.8 Å². The maximum Gasteiger partial charge on any atom is 0.416 e. The van der Waals surface area contributed by atoms with Crippen molar-refractivity contribution in [1.29, 1.82) is 5.26 Å². The smallest absolute Gasteiger partial charge is 0.340 e. The van der Waals surface area contributed by atoms with Crippen molar-refractivity contribution in [2.75, 3.05) is 29.5 Å². The molecule has 2 aliphatic heterocycles. The number of halogens is 3. The number of nitrogens with one attached hydrogen (secondary N) is 1. The van der Waals surface area contributed by atoms with Crippen molar-refractivity contribution in [2.45, 2.75) is 43.9 Å². The minimum absolute atomic E-state index is 0.0837. The second kappa shape index (κ2) is 11.6. The van der Waals surface area contributed by atoms with Gasteiger partial charge in [-0.05, 0) is 56.0 Å². The number of rotatable bonds is 6. The molecule has 1 N–H and O–H groups in total. The van der Waals surface area contributed by atoms with E-state index in [0.29, 0.717) is 36.0 Å². The molecule has 240 valence electrons. The van der Waals surface area contributed by atoms with E-state index < -0.39 is 63.1 Å². The van der Waals surface area contributed by atoms with Crippen molar-refractivity contribution in [3.63, 3.8) is 0 Å². The van der Waals surface area contributed by atoms with Gasteiger partial charge in [0, 0.05) is 30.1 Å². The summed E-state index contributed by atoms with van der Waals surface area (Å²) in [6, 6.07) is 12.1. The number of fused-ring (bicyclic) bond motifs is 1. The van der Waals surface area contributed by atoms with Crippen LogP contribution in [0, 0.1) is 17.2 Å². The summed E-state index contributed by atoms with van der Waals surface area (Å²) in [5, 5.41) is 17.1. The number of amides is 3. The molecule has 1 aromatic heterocycles. The van der Waals surface area contributed by atoms with Gasteiger partial charge in [0.25, 0.3) is 17.7 Å². The molecule has 6 rings (SSSR count). The van der Waals surface area contributed by atoms with Gasteiger partial charge in [-0.1, -0.05) is 24.3 Å². The molecule has 0 bridgehead atoms. The summed E-state index contributed by atoms with van der Waals surface area (Å²) in [6.45, 7) is 1.58. The highest BCUT2D eigenvalue weighted by Crippen LogP contribution is 2.51. The summed E-state index contributed by atoms with van der Waals surface area (Å²) >= 11 is 0. The van der Waals surface area contributed by atoms with E-state index in [9.17, 15) is 41.2 Å². The van der Waals surface area contributed by atoms with Crippen LogP contribution in [0.5, 0.6) is 0 Å². The normalized spacial score (nSPS) is 22.6. The zero-order valence-corrected chi connectivity index (χ0v) is 25.4. The number of likely N-dealkylation sites (N-methyl/N-ethyl adjacent to an activating group) is 1. The lowest BCUT2D eigenvalue weighted by atomic mass is 9.82. The van der Waals surface area contributed by atoms with Gasteiger partial charge in [-0.15, -0.1) is 0 Å². The van der Waals surface area contributed by atoms with Crippen LogP contribution < -0.4 is 10.2 Å². The molecule has 3 amide bonds. The number of benzene rings is 2. The van der Waals surface area contributed by atoms with E-state index in [1.54, 1.807) is 37.3 Å². The van der Waals surface area contributed by atoms with Crippen molar-refractivity contribution in [2.24, 2.45) is 5.92 Å². The number of sulfone groups is 1. The summed E-state index contributed by atoms with van der Waals surface area (Å²) in [6.07, 6.45) is -3.36. The van der Waals surface area contributed by atoms with Crippen molar-refractivity contribution in [1.82, 2.24) is 20.0 Å². The Bertz CT molecular complexity index is 1870. The van der Waals surface area contributed by atoms with Crippen molar-refractivity contribution in [3.8, 4) is 11.8 Å². The van der Waals surface area contributed by atoms with E-state index in [1.807, 2.05) is 6.07 Å². The molecule has 3 heterocycles. The Kier molecular flexibility index (Phi) is 7.87. The summed E-state index contributed by atoms with van der Waals surface area (Å²) in [7, 11) is -3.56. The highest BCUT2D eigenvalue weighted by atomic mass is 32.2. The van der Waals surface area contributed by atoms with Gasteiger partial charge < -0.3 is 10.2 Å². The number of anilines is 1. The fourth-order valence-corrected chi connectivity index (χ4v) is 7.64. The van der Waals surface area contributed by atoms with Crippen LogP contribution in [0.2, 0.25) is 0 Å². The maximum atomic E-state index is 14.3. The van der Waals surface area contributed by atoms with E-state index in [1.165, 1.54) is 20.5 Å². The first-order chi connectivity index (χ1) is 21.8. The average Bonchev–Trinajstić information content (AvgIpc) is 3.80. The Hall–Kier alpha value is -4.71. The number of nitriles is 1. The van der Waals surface area contributed by atoms with Crippen LogP contribution in [-0.4, -0.2) is 77.5 Å². The minimum Gasteiger partial charge on any atom is -0.340 e. The second-order valence-corrected chi connectivity index (χ2v) is 13.8. The molecule has 3 aliphatic rings. The molecule has 3 atom stereocenters. The maximum absolute atomic E-state index is 14.3. The van der Waals surface area contributed by atoms with Crippen molar-refractivity contribution < 1.29 is 36.0 Å². The number of alkyl halides is 3. The van der Waals surface area contributed by atoms with Gasteiger partial charge >= 0.3 is 6.18 Å². The predicted molar refractivity (Wildman–Crippen MR) is 159 cm³/mol. The zero-order chi connectivity index (χ0) is 33.0. The van der Waals surface area contributed by atoms with Gasteiger partial charge in [0.1, 0.15) is 17.9 Å². The Morgan fingerprint density at radius 2 is 1.83 bits per heavy atom. The lowest BCUT2D eigenvalue weighted by Gasteiger charge is -2.39. The third kappa shape index (κ3) is 5.61. The highest BCUT2D eigenvalue weighted by Gasteiger charge is 2.52. The molecule has 1 aliphatic carbocycles. The molecule has 0 radical (unpaired) electrons. The number of nitrogens with zero attached hydrogens (tertiary/aromatic N) is 5. The van der Waals surface area contributed by atoms with Gasteiger partial charge in [0.2, 0.25) is 0 Å². The highest BCUT2D eigenvalue weighted by molar-refractivity contribution is 7.91. The fourth-order valence-electron chi connectivity index (χ4n) is 6.26. The van der Waals surface area contributed by atoms with Crippen molar-refractivity contribution in [3.05, 3.63) is 77.0 Å². The lowest BCUT2D eigenvalue weighted by Crippen LogP contribution is -2.56. The number of carbonyl (C=O) groups is 3. The van der Waals surface area contributed by atoms with E-state index >= 15 is 0 Å². The largest absolute Gasteiger partial charge is 0.416 e. The lowest BCUT2D eigenvalue weighted by molar-refractivity contribution is -0.137. The molecule has 11 nitrogen and oxygen atoms in total. The molecular formula is C31H29F3N6O5S. The van der Waals surface area contributed by atoms with Crippen LogP contribution in [0.4, 0.5) is 19.0 Å². The van der Waals surface area contributed by atoms with Crippen molar-refractivity contribution >= 4 is 33.4 Å². The van der Waals surface area contributed by atoms with Crippen LogP contribution in [0.1, 0.15) is 57.7 Å². The number of para-hydroxylation sites is 1. The van der Waals surface area contributed by atoms with Gasteiger partial charge in [0.15, 0.2) is 15.5 Å². The molecule has 3 aromatic rings. The second-order valence-electron chi connectivity index (χ2n) is 11.6. The Balaban J connectivity index is 1.48. The number of aromatic nitrogens is 2. The average molecular weight is 655 g/mol. The van der Waals surface area contributed by atoms with Gasteiger partial charge in [-0.2, -0.15) is 23.5 Å². The number of hydrogen-bond acceptors (Lipinski definition) is 7. The predicted octanol–water partition coefficient (Wildman–Crippen LogP) is 3.31. The molecule has 2 aromatic carbocycles. The molecule has 2 fully saturated rings. The molecular weight excluding hydrogens is 625 g/mol. The van der Waals surface area contributed by atoms with E-state index in [2.05, 4.69) is 10.4 Å². The van der Waals surface area contributed by atoms with Crippen LogP contribution in [0.25, 0.3) is 5.69 Å². The van der Waals surface area contributed by atoms with Crippen LogP contribution in [-0.2, 0) is 20.8 Å². The van der Waals surface area contributed by atoms with Crippen LogP contribution in [0.15, 0.2) is 54.6 Å². The molecule has 1 unspecified atom stereocenters. The third-order valence-electron chi connectivity index (χ3n) is 8.61. The molecule has 0 spiro atoms. The summed E-state index contributed by atoms with van der Waals surface area (Å²) < 4.78 is 66.3. The van der Waals surface area contributed by atoms with Crippen LogP contribution in [0.3, 0.4) is 0 Å². The topological polar surface area (TPSA) is 145 Å². The monoisotopic (exact) mass is 654 g/mol. The number of hydrogen-bond donors (Lipinski definition) is 1. The summed E-state index contributed by atoms with van der Waals surface area (Å²) in [5.41, 5.74) is -0.493. The fraction of sp³-hybridized carbons (Fsp3) is 0.387. The standard InChI is InChI=1S/C31H29F3N6O5S/c1-2-38-28-24(23(18-11-12-18)25(29(38)42)36-27(41)19-7-6-8-20(15-19)31(32,33)34)26(37-40(28)21-9-4-3-5-10-21)30(43)39-13-14-46(44,45)17-22(39)16-35/h3-10,15,18,22-23,25H,2,11-14,17H2,1H3,(H,36,41)/t22?,23-,25-/m0/s1. The van der Waals surface area contributed by atoms with Gasteiger partial charge in [-0.25, -0.2) is 13.1 Å². The number of carbonyl (C=O) groups excluding carboxylic acids is 3. The molecule has 1 saturated heterocycles.